The summed E-state index contributed by atoms with van der Waals surface area (Å²) in [6, 6.07) is 8.31. The van der Waals surface area contributed by atoms with Gasteiger partial charge in [0.15, 0.2) is 5.65 Å². The van der Waals surface area contributed by atoms with E-state index >= 15 is 0 Å². The Bertz CT molecular complexity index is 1030. The molecule has 2 aromatic heterocycles. The van der Waals surface area contributed by atoms with Gasteiger partial charge in [-0.25, -0.2) is 17.9 Å². The van der Waals surface area contributed by atoms with Crippen molar-refractivity contribution in [1.29, 1.82) is 0 Å². The summed E-state index contributed by atoms with van der Waals surface area (Å²) in [6.45, 7) is 1.68. The molecule has 3 heterocycles. The van der Waals surface area contributed by atoms with Gasteiger partial charge in [0.05, 0.1) is 10.6 Å². The second-order valence-electron chi connectivity index (χ2n) is 5.92. The van der Waals surface area contributed by atoms with Crippen molar-refractivity contribution in [1.82, 2.24) is 19.5 Å². The second kappa shape index (κ2) is 5.58. The smallest absolute Gasteiger partial charge is 0.213 e. The number of thiol groups is 1. The molecular formula is C16H16N4O2S2. The normalized spacial score (nSPS) is 15.6. The lowest BCUT2D eigenvalue weighted by Crippen LogP contribution is -2.28. The number of sulfone groups is 1. The quantitative estimate of drug-likeness (QED) is 0.707. The molecule has 1 aromatic carbocycles. The van der Waals surface area contributed by atoms with Gasteiger partial charge in [-0.15, -0.1) is 12.6 Å². The summed E-state index contributed by atoms with van der Waals surface area (Å²) in [6.07, 6.45) is 2.55. The molecule has 8 heteroatoms. The van der Waals surface area contributed by atoms with Crippen molar-refractivity contribution in [2.45, 2.75) is 27.8 Å². The van der Waals surface area contributed by atoms with Crippen LogP contribution in [0.2, 0.25) is 0 Å². The summed E-state index contributed by atoms with van der Waals surface area (Å²) in [4.78, 5) is 6.87. The average molecular weight is 360 g/mol. The highest BCUT2D eigenvalue weighted by Crippen LogP contribution is 2.31. The Kier molecular flexibility index (Phi) is 3.63. The molecule has 0 radical (unpaired) electrons. The van der Waals surface area contributed by atoms with Crippen molar-refractivity contribution < 1.29 is 8.42 Å². The van der Waals surface area contributed by atoms with Gasteiger partial charge in [-0.3, -0.25) is 0 Å². The lowest BCUT2D eigenvalue weighted by Gasteiger charge is -2.24. The number of rotatable bonds is 2. The van der Waals surface area contributed by atoms with Gasteiger partial charge in [0, 0.05) is 31.3 Å². The lowest BCUT2D eigenvalue weighted by atomic mass is 10.1. The predicted octanol–water partition coefficient (Wildman–Crippen LogP) is 1.84. The summed E-state index contributed by atoms with van der Waals surface area (Å²) in [7, 11) is -1.68. The summed E-state index contributed by atoms with van der Waals surface area (Å²) in [5, 5.41) is 4.54. The van der Waals surface area contributed by atoms with Crippen LogP contribution in [0.3, 0.4) is 0 Å². The third-order valence-electron chi connectivity index (χ3n) is 4.26. The van der Waals surface area contributed by atoms with Gasteiger partial charge in [0.1, 0.15) is 9.92 Å². The zero-order valence-electron chi connectivity index (χ0n) is 13.0. The topological polar surface area (TPSA) is 67.6 Å². The highest BCUT2D eigenvalue weighted by atomic mass is 32.2. The maximum absolute atomic E-state index is 13.0. The first-order valence-corrected chi connectivity index (χ1v) is 9.48. The van der Waals surface area contributed by atoms with Gasteiger partial charge in [0.25, 0.3) is 0 Å². The summed E-state index contributed by atoms with van der Waals surface area (Å²) in [5.41, 5.74) is 2.41. The first-order chi connectivity index (χ1) is 11.5. The fourth-order valence-electron chi connectivity index (χ4n) is 3.06. The summed E-state index contributed by atoms with van der Waals surface area (Å²) < 4.78 is 27.6. The molecule has 1 aliphatic heterocycles. The van der Waals surface area contributed by atoms with Gasteiger partial charge >= 0.3 is 0 Å². The van der Waals surface area contributed by atoms with Crippen LogP contribution in [-0.4, -0.2) is 41.5 Å². The van der Waals surface area contributed by atoms with Crippen LogP contribution in [0, 0.1) is 0 Å². The number of hydrogen-bond acceptors (Lipinski definition) is 6. The molecule has 124 valence electrons. The molecule has 0 spiro atoms. The number of aromatic nitrogens is 3. The standard InChI is InChI=1S/C16H16N4O2S2/c1-19-8-7-13-11(10-19)9-17-15-14(16(23)18-20(13)15)24(21,22)12-5-3-2-4-6-12/h2-6,9H,7-8,10H2,1H3,(H,18,23). The van der Waals surface area contributed by atoms with Gasteiger partial charge in [0.2, 0.25) is 9.84 Å². The average Bonchev–Trinajstić information content (AvgIpc) is 2.92. The summed E-state index contributed by atoms with van der Waals surface area (Å²) >= 11 is 4.32. The molecule has 0 unspecified atom stereocenters. The Labute approximate surface area is 145 Å². The van der Waals surface area contributed by atoms with E-state index in [0.717, 1.165) is 30.8 Å². The van der Waals surface area contributed by atoms with Crippen molar-refractivity contribution in [2.24, 2.45) is 0 Å². The predicted molar refractivity (Wildman–Crippen MR) is 92.2 cm³/mol. The van der Waals surface area contributed by atoms with E-state index in [4.69, 9.17) is 0 Å². The van der Waals surface area contributed by atoms with Gasteiger partial charge < -0.3 is 4.90 Å². The molecule has 0 saturated heterocycles. The van der Waals surface area contributed by atoms with Gasteiger partial charge in [-0.2, -0.15) is 5.10 Å². The van der Waals surface area contributed by atoms with Crippen molar-refractivity contribution in [3.63, 3.8) is 0 Å². The molecule has 0 fully saturated rings. The molecule has 24 heavy (non-hydrogen) atoms. The largest absolute Gasteiger partial charge is 0.302 e. The van der Waals surface area contributed by atoms with Crippen LogP contribution in [0.4, 0.5) is 0 Å². The molecule has 0 aliphatic carbocycles. The molecule has 0 atom stereocenters. The molecule has 4 rings (SSSR count). The Morgan fingerprint density at radius 2 is 1.96 bits per heavy atom. The fraction of sp³-hybridized carbons (Fsp3) is 0.250. The van der Waals surface area contributed by atoms with Crippen LogP contribution in [-0.2, 0) is 22.8 Å². The van der Waals surface area contributed by atoms with Crippen molar-refractivity contribution in [3.05, 3.63) is 47.8 Å². The van der Waals surface area contributed by atoms with Crippen molar-refractivity contribution in [2.75, 3.05) is 13.6 Å². The second-order valence-corrected chi connectivity index (χ2v) is 8.23. The van der Waals surface area contributed by atoms with Gasteiger partial charge in [-0.1, -0.05) is 18.2 Å². The molecule has 1 aliphatic rings. The Hall–Kier alpha value is -1.90. The van der Waals surface area contributed by atoms with E-state index in [1.807, 2.05) is 7.05 Å². The van der Waals surface area contributed by atoms with E-state index in [-0.39, 0.29) is 14.8 Å². The van der Waals surface area contributed by atoms with E-state index in [2.05, 4.69) is 27.6 Å². The van der Waals surface area contributed by atoms with Crippen LogP contribution in [0.1, 0.15) is 11.3 Å². The molecule has 0 bridgehead atoms. The first kappa shape index (κ1) is 15.6. The van der Waals surface area contributed by atoms with Crippen LogP contribution in [0.25, 0.3) is 5.65 Å². The monoisotopic (exact) mass is 360 g/mol. The van der Waals surface area contributed by atoms with Gasteiger partial charge in [-0.05, 0) is 19.2 Å². The Morgan fingerprint density at radius 3 is 2.71 bits per heavy atom. The van der Waals surface area contributed by atoms with Crippen LogP contribution in [0.15, 0.2) is 51.3 Å². The zero-order valence-corrected chi connectivity index (χ0v) is 14.8. The van der Waals surface area contributed by atoms with Crippen LogP contribution >= 0.6 is 12.6 Å². The minimum atomic E-state index is -3.72. The molecule has 0 amide bonds. The third-order valence-corrected chi connectivity index (χ3v) is 6.53. The van der Waals surface area contributed by atoms with Crippen LogP contribution in [0.5, 0.6) is 0 Å². The minimum Gasteiger partial charge on any atom is -0.302 e. The molecule has 0 saturated carbocycles. The third kappa shape index (κ3) is 2.33. The summed E-state index contributed by atoms with van der Waals surface area (Å²) in [5.74, 6) is 0. The number of hydrogen-bond donors (Lipinski definition) is 1. The number of likely N-dealkylation sites (N-methyl/N-ethyl adjacent to an activating group) is 1. The molecule has 6 nitrogen and oxygen atoms in total. The maximum Gasteiger partial charge on any atom is 0.213 e. The van der Waals surface area contributed by atoms with E-state index in [1.54, 1.807) is 41.0 Å². The Morgan fingerprint density at radius 1 is 1.21 bits per heavy atom. The van der Waals surface area contributed by atoms with Crippen LogP contribution < -0.4 is 0 Å². The van der Waals surface area contributed by atoms with E-state index in [9.17, 15) is 8.42 Å². The fourth-order valence-corrected chi connectivity index (χ4v) is 5.02. The van der Waals surface area contributed by atoms with Crippen molar-refractivity contribution in [3.8, 4) is 0 Å². The Balaban J connectivity index is 1.97. The van der Waals surface area contributed by atoms with E-state index in [0.29, 0.717) is 5.65 Å². The number of fused-ring (bicyclic) bond motifs is 3. The van der Waals surface area contributed by atoms with E-state index < -0.39 is 9.84 Å². The van der Waals surface area contributed by atoms with Crippen molar-refractivity contribution >= 4 is 28.1 Å². The highest BCUT2D eigenvalue weighted by Gasteiger charge is 2.29. The lowest BCUT2D eigenvalue weighted by molar-refractivity contribution is 0.307. The zero-order chi connectivity index (χ0) is 16.9. The number of benzene rings is 1. The number of nitrogens with zero attached hydrogens (tertiary/aromatic N) is 4. The molecule has 0 N–H and O–H groups in total. The molecular weight excluding hydrogens is 344 g/mol. The highest BCUT2D eigenvalue weighted by molar-refractivity contribution is 7.92. The SMILES string of the molecule is CN1CCc2c(cnc3c(S(=O)(=O)c4ccccc4)c(S)nn23)C1. The van der Waals surface area contributed by atoms with E-state index in [1.165, 1.54) is 0 Å². The minimum absolute atomic E-state index is 0.0683. The first-order valence-electron chi connectivity index (χ1n) is 7.55. The molecule has 3 aromatic rings. The maximum atomic E-state index is 13.0.